The molecule has 2 heterocycles. The van der Waals surface area contributed by atoms with Gasteiger partial charge in [-0.2, -0.15) is 0 Å². The van der Waals surface area contributed by atoms with Crippen molar-refractivity contribution in [2.75, 3.05) is 17.3 Å². The fraction of sp³-hybridized carbons (Fsp3) is 0.833. The monoisotopic (exact) mass is 412 g/mol. The molecule has 0 N–H and O–H groups in total. The molecule has 2 saturated carbocycles. The minimum Gasteiger partial charge on any atom is -0.335 e. The Bertz CT molecular complexity index is 815. The maximum absolute atomic E-state index is 13.0. The van der Waals surface area contributed by atoms with Crippen molar-refractivity contribution in [3.05, 3.63) is 5.82 Å². The molecule has 0 unspecified atom stereocenters. The zero-order valence-electron chi connectivity index (χ0n) is 16.0. The van der Waals surface area contributed by atoms with Crippen LogP contribution in [0, 0.1) is 0 Å². The lowest BCUT2D eigenvalue weighted by molar-refractivity contribution is -0.132. The lowest BCUT2D eigenvalue weighted by Gasteiger charge is -2.33. The molecule has 150 valence electrons. The van der Waals surface area contributed by atoms with Gasteiger partial charge in [-0.25, -0.2) is 8.42 Å². The number of carbonyl (C=O) groups excluding carboxylic acids is 1. The van der Waals surface area contributed by atoms with E-state index in [9.17, 15) is 13.2 Å². The van der Waals surface area contributed by atoms with E-state index in [1.54, 1.807) is 0 Å². The summed E-state index contributed by atoms with van der Waals surface area (Å²) in [5.74, 6) is 2.21. The number of amides is 1. The molecule has 27 heavy (non-hydrogen) atoms. The third-order valence-electron chi connectivity index (χ3n) is 5.83. The lowest BCUT2D eigenvalue weighted by atomic mass is 10.1. The maximum atomic E-state index is 13.0. The van der Waals surface area contributed by atoms with Crippen LogP contribution in [0.5, 0.6) is 0 Å². The Hall–Kier alpha value is -1.09. The van der Waals surface area contributed by atoms with Gasteiger partial charge < -0.3 is 9.47 Å². The summed E-state index contributed by atoms with van der Waals surface area (Å²) < 4.78 is 26.0. The standard InChI is InChI=1S/C18H28N4O3S2/c1-3-12(2)21(15-8-9-27(24,25)11-15)16(23)10-26-18-20-19-17(13-4-5-13)22(18)14-6-7-14/h12-15H,3-11H2,1-2H3/t12-,15+/m1/s1. The first-order chi connectivity index (χ1) is 12.9. The molecule has 1 saturated heterocycles. The Morgan fingerprint density at radius 3 is 2.56 bits per heavy atom. The number of hydrogen-bond donors (Lipinski definition) is 0. The Kier molecular flexibility index (Phi) is 5.26. The predicted molar refractivity (Wildman–Crippen MR) is 105 cm³/mol. The molecule has 4 rings (SSSR count). The Morgan fingerprint density at radius 1 is 1.26 bits per heavy atom. The van der Waals surface area contributed by atoms with Gasteiger partial charge in [0.2, 0.25) is 5.91 Å². The van der Waals surface area contributed by atoms with Crippen molar-refractivity contribution in [1.82, 2.24) is 19.7 Å². The molecule has 2 aliphatic carbocycles. The molecule has 1 aromatic rings. The zero-order chi connectivity index (χ0) is 19.2. The number of hydrogen-bond acceptors (Lipinski definition) is 6. The van der Waals surface area contributed by atoms with Crippen LogP contribution in [0.4, 0.5) is 0 Å². The lowest BCUT2D eigenvalue weighted by Crippen LogP contribution is -2.47. The topological polar surface area (TPSA) is 85.2 Å². The van der Waals surface area contributed by atoms with Crippen LogP contribution < -0.4 is 0 Å². The number of thioether (sulfide) groups is 1. The SMILES string of the molecule is CC[C@@H](C)N(C(=O)CSc1nnc(C2CC2)n1C1CC1)[C@H]1CCS(=O)(=O)C1. The minimum atomic E-state index is -3.02. The number of sulfone groups is 1. The molecule has 1 aromatic heterocycles. The smallest absolute Gasteiger partial charge is 0.233 e. The van der Waals surface area contributed by atoms with Gasteiger partial charge in [0.05, 0.1) is 17.3 Å². The Morgan fingerprint density at radius 2 is 2.00 bits per heavy atom. The highest BCUT2D eigenvalue weighted by atomic mass is 32.2. The van der Waals surface area contributed by atoms with Gasteiger partial charge >= 0.3 is 0 Å². The number of aromatic nitrogens is 3. The third-order valence-corrected chi connectivity index (χ3v) is 8.50. The highest BCUT2D eigenvalue weighted by Gasteiger charge is 2.38. The van der Waals surface area contributed by atoms with Crippen LogP contribution in [-0.4, -0.2) is 63.3 Å². The quantitative estimate of drug-likeness (QED) is 0.610. The van der Waals surface area contributed by atoms with Gasteiger partial charge in [-0.1, -0.05) is 18.7 Å². The van der Waals surface area contributed by atoms with Gasteiger partial charge in [0.1, 0.15) is 5.82 Å². The summed E-state index contributed by atoms with van der Waals surface area (Å²) in [6, 6.07) is 0.347. The van der Waals surface area contributed by atoms with E-state index in [-0.39, 0.29) is 35.2 Å². The van der Waals surface area contributed by atoms with E-state index in [0.29, 0.717) is 18.4 Å². The van der Waals surface area contributed by atoms with E-state index >= 15 is 0 Å². The van der Waals surface area contributed by atoms with Crippen LogP contribution in [0.25, 0.3) is 0 Å². The van der Waals surface area contributed by atoms with Crippen LogP contribution in [0.1, 0.15) is 70.2 Å². The van der Waals surface area contributed by atoms with E-state index < -0.39 is 9.84 Å². The molecular weight excluding hydrogens is 384 g/mol. The summed E-state index contributed by atoms with van der Waals surface area (Å²) in [4.78, 5) is 14.8. The van der Waals surface area contributed by atoms with E-state index in [0.717, 1.165) is 30.2 Å². The summed E-state index contributed by atoms with van der Waals surface area (Å²) in [6.45, 7) is 4.04. The second-order valence-electron chi connectivity index (χ2n) is 8.12. The second-order valence-corrected chi connectivity index (χ2v) is 11.3. The highest BCUT2D eigenvalue weighted by Crippen LogP contribution is 2.46. The van der Waals surface area contributed by atoms with Crippen molar-refractivity contribution < 1.29 is 13.2 Å². The minimum absolute atomic E-state index is 0.00905. The van der Waals surface area contributed by atoms with Crippen LogP contribution in [-0.2, 0) is 14.6 Å². The number of nitrogens with zero attached hydrogens (tertiary/aromatic N) is 4. The molecule has 3 aliphatic rings. The molecule has 0 aromatic carbocycles. The predicted octanol–water partition coefficient (Wildman–Crippen LogP) is 2.40. The molecule has 1 amide bonds. The largest absolute Gasteiger partial charge is 0.335 e. The van der Waals surface area contributed by atoms with Crippen molar-refractivity contribution in [1.29, 1.82) is 0 Å². The highest BCUT2D eigenvalue weighted by molar-refractivity contribution is 7.99. The van der Waals surface area contributed by atoms with E-state index in [4.69, 9.17) is 0 Å². The van der Waals surface area contributed by atoms with E-state index in [2.05, 4.69) is 14.8 Å². The Balaban J connectivity index is 1.46. The first-order valence-corrected chi connectivity index (χ1v) is 12.8. The molecule has 1 aliphatic heterocycles. The second kappa shape index (κ2) is 7.39. The van der Waals surface area contributed by atoms with Gasteiger partial charge in [0.15, 0.2) is 15.0 Å². The molecule has 7 nitrogen and oxygen atoms in total. The normalized spacial score (nSPS) is 25.5. The van der Waals surface area contributed by atoms with E-state index in [1.165, 1.54) is 24.6 Å². The first-order valence-electron chi connectivity index (χ1n) is 9.98. The molecule has 0 spiro atoms. The van der Waals surface area contributed by atoms with Crippen LogP contribution in [0.2, 0.25) is 0 Å². The Labute approximate surface area is 165 Å². The molecule has 0 radical (unpaired) electrons. The summed E-state index contributed by atoms with van der Waals surface area (Å²) in [6.07, 6.45) is 6.07. The van der Waals surface area contributed by atoms with Crippen molar-refractivity contribution in [3.63, 3.8) is 0 Å². The van der Waals surface area contributed by atoms with Gasteiger partial charge in [-0.3, -0.25) is 4.79 Å². The van der Waals surface area contributed by atoms with Crippen LogP contribution in [0.3, 0.4) is 0 Å². The summed E-state index contributed by atoms with van der Waals surface area (Å²) >= 11 is 1.45. The van der Waals surface area contributed by atoms with Crippen LogP contribution in [0.15, 0.2) is 5.16 Å². The number of carbonyl (C=O) groups is 1. The molecular formula is C18H28N4O3S2. The van der Waals surface area contributed by atoms with Gasteiger partial charge in [0, 0.05) is 24.0 Å². The number of rotatable bonds is 8. The van der Waals surface area contributed by atoms with Crippen molar-refractivity contribution in [2.24, 2.45) is 0 Å². The van der Waals surface area contributed by atoms with Crippen molar-refractivity contribution in [3.8, 4) is 0 Å². The fourth-order valence-electron chi connectivity index (χ4n) is 3.88. The molecule has 2 atom stereocenters. The van der Waals surface area contributed by atoms with Gasteiger partial charge in [-0.05, 0) is 45.4 Å². The average molecular weight is 413 g/mol. The molecule has 3 fully saturated rings. The first kappa shape index (κ1) is 19.2. The van der Waals surface area contributed by atoms with E-state index in [1.807, 2.05) is 18.7 Å². The van der Waals surface area contributed by atoms with Gasteiger partial charge in [0.25, 0.3) is 0 Å². The van der Waals surface area contributed by atoms with Crippen molar-refractivity contribution >= 4 is 27.5 Å². The maximum Gasteiger partial charge on any atom is 0.233 e. The third kappa shape index (κ3) is 4.18. The summed E-state index contributed by atoms with van der Waals surface area (Å²) in [5.41, 5.74) is 0. The molecule has 0 bridgehead atoms. The molecule has 9 heteroatoms. The average Bonchev–Trinajstić information content (AvgIpc) is 3.56. The fourth-order valence-corrected chi connectivity index (χ4v) is 6.48. The van der Waals surface area contributed by atoms with Gasteiger partial charge in [-0.15, -0.1) is 10.2 Å². The summed E-state index contributed by atoms with van der Waals surface area (Å²) in [7, 11) is -3.02. The van der Waals surface area contributed by atoms with Crippen LogP contribution >= 0.6 is 11.8 Å². The van der Waals surface area contributed by atoms with Crippen molar-refractivity contribution in [2.45, 2.75) is 81.6 Å². The summed E-state index contributed by atoms with van der Waals surface area (Å²) in [5, 5.41) is 9.61. The zero-order valence-corrected chi connectivity index (χ0v) is 17.6.